The standard InChI is InChI=1S/C11H13N2/c1-12(2)9-13-8-7-10-5-3-4-6-11(10)13/h4-8H,9H2,1-2H3. The number of fused-ring (bicyclic) bond motifs is 1. The molecule has 0 N–H and O–H groups in total. The van der Waals surface area contributed by atoms with Gasteiger partial charge in [-0.15, -0.1) is 0 Å². The number of benzene rings is 1. The van der Waals surface area contributed by atoms with Crippen LogP contribution >= 0.6 is 0 Å². The molecule has 0 saturated heterocycles. The lowest BCUT2D eigenvalue weighted by Gasteiger charge is -2.11. The van der Waals surface area contributed by atoms with Gasteiger partial charge in [0.2, 0.25) is 0 Å². The van der Waals surface area contributed by atoms with E-state index in [4.69, 9.17) is 0 Å². The Bertz CT molecular complexity index is 401. The molecule has 1 aromatic carbocycles. The molecule has 0 unspecified atom stereocenters. The predicted molar refractivity (Wildman–Crippen MR) is 54.5 cm³/mol. The second-order valence-electron chi connectivity index (χ2n) is 3.49. The summed E-state index contributed by atoms with van der Waals surface area (Å²) in [4.78, 5) is 2.15. The smallest absolute Gasteiger partial charge is 0.0746 e. The topological polar surface area (TPSA) is 8.17 Å². The third-order valence-electron chi connectivity index (χ3n) is 2.05. The van der Waals surface area contributed by atoms with Crippen molar-refractivity contribution in [1.29, 1.82) is 0 Å². The molecule has 2 rings (SSSR count). The predicted octanol–water partition coefficient (Wildman–Crippen LogP) is 1.96. The summed E-state index contributed by atoms with van der Waals surface area (Å²) < 4.78 is 2.23. The molecule has 1 aromatic heterocycles. The minimum absolute atomic E-state index is 0.924. The molecule has 2 aromatic rings. The first kappa shape index (κ1) is 8.32. The van der Waals surface area contributed by atoms with Gasteiger partial charge >= 0.3 is 0 Å². The maximum absolute atomic E-state index is 3.08. The molecule has 0 aliphatic carbocycles. The Morgan fingerprint density at radius 2 is 2.23 bits per heavy atom. The first-order valence-electron chi connectivity index (χ1n) is 4.37. The van der Waals surface area contributed by atoms with E-state index in [0.717, 1.165) is 6.67 Å². The van der Waals surface area contributed by atoms with Gasteiger partial charge in [0.05, 0.1) is 6.67 Å². The number of rotatable bonds is 2. The average molecular weight is 173 g/mol. The minimum Gasteiger partial charge on any atom is -0.334 e. The molecule has 0 spiro atoms. The molecule has 0 atom stereocenters. The van der Waals surface area contributed by atoms with Gasteiger partial charge in [0.15, 0.2) is 0 Å². The van der Waals surface area contributed by atoms with Crippen LogP contribution in [0.4, 0.5) is 0 Å². The molecule has 13 heavy (non-hydrogen) atoms. The maximum Gasteiger partial charge on any atom is 0.0746 e. The lowest BCUT2D eigenvalue weighted by molar-refractivity contribution is 0.333. The molecule has 67 valence electrons. The van der Waals surface area contributed by atoms with Crippen LogP contribution in [0.5, 0.6) is 0 Å². The first-order valence-corrected chi connectivity index (χ1v) is 4.37. The van der Waals surface area contributed by atoms with E-state index in [2.05, 4.69) is 48.0 Å². The largest absolute Gasteiger partial charge is 0.334 e. The highest BCUT2D eigenvalue weighted by atomic mass is 15.2. The van der Waals surface area contributed by atoms with Crippen LogP contribution in [0.2, 0.25) is 0 Å². The van der Waals surface area contributed by atoms with Crippen molar-refractivity contribution < 1.29 is 0 Å². The van der Waals surface area contributed by atoms with Gasteiger partial charge in [-0.25, -0.2) is 0 Å². The molecule has 2 heteroatoms. The molecule has 0 saturated carbocycles. The Morgan fingerprint density at radius 3 is 3.00 bits per heavy atom. The molecule has 0 amide bonds. The van der Waals surface area contributed by atoms with E-state index in [9.17, 15) is 0 Å². The van der Waals surface area contributed by atoms with Crippen molar-refractivity contribution in [3.8, 4) is 0 Å². The summed E-state index contributed by atoms with van der Waals surface area (Å²) >= 11 is 0. The van der Waals surface area contributed by atoms with Crippen LogP contribution in [0.1, 0.15) is 0 Å². The molecule has 0 aliphatic heterocycles. The summed E-state index contributed by atoms with van der Waals surface area (Å²) in [5.41, 5.74) is 1.27. The fraction of sp³-hybridized carbons (Fsp3) is 0.273. The fourth-order valence-electron chi connectivity index (χ4n) is 1.51. The van der Waals surface area contributed by atoms with Gasteiger partial charge < -0.3 is 4.57 Å². The Morgan fingerprint density at radius 1 is 1.38 bits per heavy atom. The number of hydrogen-bond donors (Lipinski definition) is 0. The maximum atomic E-state index is 3.08. The molecule has 0 fully saturated rings. The van der Waals surface area contributed by atoms with E-state index in [0.29, 0.717) is 0 Å². The highest BCUT2D eigenvalue weighted by Gasteiger charge is 1.99. The summed E-state index contributed by atoms with van der Waals surface area (Å²) in [5, 5.41) is 1.25. The Hall–Kier alpha value is -1.28. The summed E-state index contributed by atoms with van der Waals surface area (Å²) in [6.45, 7) is 0.924. The van der Waals surface area contributed by atoms with E-state index in [1.165, 1.54) is 10.9 Å². The SMILES string of the molecule is CN(C)Cn1ccc2c[c]ccc21. The zero-order valence-corrected chi connectivity index (χ0v) is 7.99. The zero-order chi connectivity index (χ0) is 9.26. The van der Waals surface area contributed by atoms with Crippen molar-refractivity contribution in [1.82, 2.24) is 9.47 Å². The van der Waals surface area contributed by atoms with E-state index in [1.54, 1.807) is 0 Å². The van der Waals surface area contributed by atoms with E-state index >= 15 is 0 Å². The van der Waals surface area contributed by atoms with Crippen LogP contribution in [-0.4, -0.2) is 23.6 Å². The van der Waals surface area contributed by atoms with Gasteiger partial charge in [-0.1, -0.05) is 6.07 Å². The van der Waals surface area contributed by atoms with Crippen LogP contribution in [0.15, 0.2) is 30.5 Å². The normalized spacial score (nSPS) is 11.3. The van der Waals surface area contributed by atoms with E-state index in [1.807, 2.05) is 12.1 Å². The number of nitrogens with zero attached hydrogens (tertiary/aromatic N) is 2. The summed E-state index contributed by atoms with van der Waals surface area (Å²) in [7, 11) is 4.14. The number of aromatic nitrogens is 1. The Kier molecular flexibility index (Phi) is 2.07. The van der Waals surface area contributed by atoms with Crippen molar-refractivity contribution in [2.24, 2.45) is 0 Å². The number of hydrogen-bond acceptors (Lipinski definition) is 1. The Labute approximate surface area is 78.4 Å². The second kappa shape index (κ2) is 3.23. The van der Waals surface area contributed by atoms with Crippen LogP contribution in [0, 0.1) is 6.07 Å². The van der Waals surface area contributed by atoms with Crippen molar-refractivity contribution in [3.63, 3.8) is 0 Å². The van der Waals surface area contributed by atoms with Crippen LogP contribution in [0.25, 0.3) is 10.9 Å². The van der Waals surface area contributed by atoms with Gasteiger partial charge in [0.25, 0.3) is 0 Å². The molecule has 0 aliphatic rings. The van der Waals surface area contributed by atoms with Gasteiger partial charge in [0.1, 0.15) is 0 Å². The molecule has 2 nitrogen and oxygen atoms in total. The fourth-order valence-corrected chi connectivity index (χ4v) is 1.51. The van der Waals surface area contributed by atoms with Crippen molar-refractivity contribution in [2.75, 3.05) is 14.1 Å². The summed E-state index contributed by atoms with van der Waals surface area (Å²) in [5.74, 6) is 0. The summed E-state index contributed by atoms with van der Waals surface area (Å²) in [6, 6.07) is 11.3. The lowest BCUT2D eigenvalue weighted by Crippen LogP contribution is -2.15. The third kappa shape index (κ3) is 1.58. The van der Waals surface area contributed by atoms with Crippen LogP contribution < -0.4 is 0 Å². The minimum atomic E-state index is 0.924. The van der Waals surface area contributed by atoms with Crippen molar-refractivity contribution in [3.05, 3.63) is 36.5 Å². The highest BCUT2D eigenvalue weighted by Crippen LogP contribution is 2.14. The zero-order valence-electron chi connectivity index (χ0n) is 7.99. The quantitative estimate of drug-likeness (QED) is 0.674. The highest BCUT2D eigenvalue weighted by molar-refractivity contribution is 5.79. The molecule has 0 bridgehead atoms. The molecular weight excluding hydrogens is 160 g/mol. The van der Waals surface area contributed by atoms with Crippen molar-refractivity contribution in [2.45, 2.75) is 6.67 Å². The van der Waals surface area contributed by atoms with Gasteiger partial charge in [0, 0.05) is 17.1 Å². The molecule has 1 heterocycles. The second-order valence-corrected chi connectivity index (χ2v) is 3.49. The first-order chi connectivity index (χ1) is 6.27. The molecular formula is C11H13N2. The van der Waals surface area contributed by atoms with Gasteiger partial charge in [-0.05, 0) is 38.4 Å². The monoisotopic (exact) mass is 173 g/mol. The molecule has 1 radical (unpaired) electrons. The van der Waals surface area contributed by atoms with E-state index in [-0.39, 0.29) is 0 Å². The van der Waals surface area contributed by atoms with Crippen molar-refractivity contribution >= 4 is 10.9 Å². The Balaban J connectivity index is 2.46. The van der Waals surface area contributed by atoms with Gasteiger partial charge in [-0.2, -0.15) is 0 Å². The van der Waals surface area contributed by atoms with Gasteiger partial charge in [-0.3, -0.25) is 4.90 Å². The third-order valence-corrected chi connectivity index (χ3v) is 2.05. The van der Waals surface area contributed by atoms with E-state index < -0.39 is 0 Å². The lowest BCUT2D eigenvalue weighted by atomic mass is 10.2. The summed E-state index contributed by atoms with van der Waals surface area (Å²) in [6.07, 6.45) is 2.11. The van der Waals surface area contributed by atoms with Crippen LogP contribution in [-0.2, 0) is 6.67 Å². The average Bonchev–Trinajstić information content (AvgIpc) is 2.48. The van der Waals surface area contributed by atoms with Crippen LogP contribution in [0.3, 0.4) is 0 Å².